The molecule has 1 aromatic heterocycles. The van der Waals surface area contributed by atoms with E-state index in [9.17, 15) is 22.4 Å². The number of aromatic nitrogens is 1. The Kier molecular flexibility index (Phi) is 4.83. The van der Waals surface area contributed by atoms with Crippen LogP contribution in [0.5, 0.6) is 0 Å². The highest BCUT2D eigenvalue weighted by molar-refractivity contribution is 6.03. The summed E-state index contributed by atoms with van der Waals surface area (Å²) in [6.07, 6.45) is 1.31. The van der Waals surface area contributed by atoms with Crippen LogP contribution >= 0.6 is 0 Å². The molecule has 4 nitrogen and oxygen atoms in total. The summed E-state index contributed by atoms with van der Waals surface area (Å²) in [6, 6.07) is 8.76. The van der Waals surface area contributed by atoms with Gasteiger partial charge in [-0.1, -0.05) is 0 Å². The number of halogens is 4. The number of anilines is 3. The number of nitrogens with zero attached hydrogens (tertiary/aromatic N) is 1. The first-order valence-corrected chi connectivity index (χ1v) is 7.37. The Morgan fingerprint density at radius 2 is 1.62 bits per heavy atom. The molecule has 0 aliphatic rings. The number of carbonyl (C=O) groups is 1. The number of rotatable bonds is 4. The molecule has 3 aromatic rings. The zero-order valence-electron chi connectivity index (χ0n) is 13.1. The third-order valence-electron chi connectivity index (χ3n) is 3.38. The Balaban J connectivity index is 1.77. The summed E-state index contributed by atoms with van der Waals surface area (Å²) in [7, 11) is 0. The van der Waals surface area contributed by atoms with Crippen LogP contribution in [0, 0.1) is 23.3 Å². The molecule has 0 spiro atoms. The minimum Gasteiger partial charge on any atom is -0.353 e. The molecule has 8 heteroatoms. The first kappa shape index (κ1) is 17.4. The van der Waals surface area contributed by atoms with Gasteiger partial charge in [0.05, 0.1) is 5.69 Å². The zero-order valence-corrected chi connectivity index (χ0v) is 13.1. The molecule has 0 aliphatic carbocycles. The fraction of sp³-hybridized carbons (Fsp3) is 0. The first-order chi connectivity index (χ1) is 12.4. The van der Waals surface area contributed by atoms with E-state index in [1.165, 1.54) is 30.5 Å². The van der Waals surface area contributed by atoms with E-state index in [4.69, 9.17) is 0 Å². The molecule has 0 radical (unpaired) electrons. The lowest BCUT2D eigenvalue weighted by Crippen LogP contribution is -2.14. The highest BCUT2D eigenvalue weighted by Gasteiger charge is 2.11. The van der Waals surface area contributed by atoms with Crippen molar-refractivity contribution in [3.05, 3.63) is 83.7 Å². The lowest BCUT2D eigenvalue weighted by molar-refractivity contribution is 0.102. The van der Waals surface area contributed by atoms with Crippen LogP contribution in [0.15, 0.2) is 54.7 Å². The normalized spacial score (nSPS) is 10.5. The molecule has 0 bridgehead atoms. The lowest BCUT2D eigenvalue weighted by Gasteiger charge is -2.09. The van der Waals surface area contributed by atoms with E-state index in [0.29, 0.717) is 5.69 Å². The van der Waals surface area contributed by atoms with Crippen molar-refractivity contribution in [2.45, 2.75) is 0 Å². The summed E-state index contributed by atoms with van der Waals surface area (Å²) in [5.74, 6) is -4.31. The molecule has 0 fully saturated rings. The summed E-state index contributed by atoms with van der Waals surface area (Å²) < 4.78 is 52.7. The minimum atomic E-state index is -1.10. The predicted octanol–water partition coefficient (Wildman–Crippen LogP) is 4.63. The van der Waals surface area contributed by atoms with E-state index >= 15 is 0 Å². The van der Waals surface area contributed by atoms with Crippen LogP contribution in [0.4, 0.5) is 34.6 Å². The third kappa shape index (κ3) is 3.97. The molecule has 0 saturated heterocycles. The predicted molar refractivity (Wildman–Crippen MR) is 88.2 cm³/mol. The second kappa shape index (κ2) is 7.22. The summed E-state index contributed by atoms with van der Waals surface area (Å²) in [6.45, 7) is 0. The maximum Gasteiger partial charge on any atom is 0.274 e. The van der Waals surface area contributed by atoms with E-state index in [1.807, 2.05) is 0 Å². The molecule has 0 atom stereocenters. The molecule has 0 saturated carbocycles. The van der Waals surface area contributed by atoms with Crippen molar-refractivity contribution in [3.8, 4) is 0 Å². The third-order valence-corrected chi connectivity index (χ3v) is 3.38. The number of hydrogen-bond acceptors (Lipinski definition) is 3. The van der Waals surface area contributed by atoms with E-state index in [0.717, 1.165) is 24.3 Å². The van der Waals surface area contributed by atoms with Gasteiger partial charge in [-0.05, 0) is 36.4 Å². The fourth-order valence-corrected chi connectivity index (χ4v) is 2.15. The van der Waals surface area contributed by atoms with Gasteiger partial charge in [0.1, 0.15) is 17.3 Å². The summed E-state index contributed by atoms with van der Waals surface area (Å²) in [5, 5.41) is 5.08. The van der Waals surface area contributed by atoms with E-state index in [-0.39, 0.29) is 17.1 Å². The van der Waals surface area contributed by atoms with Crippen LogP contribution in [0.3, 0.4) is 0 Å². The summed E-state index contributed by atoms with van der Waals surface area (Å²) in [4.78, 5) is 16.1. The number of carbonyl (C=O) groups excluding carboxylic acids is 1. The van der Waals surface area contributed by atoms with Gasteiger partial charge in [0.25, 0.3) is 5.91 Å². The van der Waals surface area contributed by atoms with Gasteiger partial charge in [-0.3, -0.25) is 9.78 Å². The van der Waals surface area contributed by atoms with Gasteiger partial charge in [0, 0.05) is 29.7 Å². The van der Waals surface area contributed by atoms with Gasteiger partial charge in [-0.2, -0.15) is 0 Å². The van der Waals surface area contributed by atoms with Crippen molar-refractivity contribution in [1.29, 1.82) is 0 Å². The van der Waals surface area contributed by atoms with Crippen LogP contribution in [0.2, 0.25) is 0 Å². The summed E-state index contributed by atoms with van der Waals surface area (Å²) in [5.41, 5.74) is 0.367. The van der Waals surface area contributed by atoms with Gasteiger partial charge in [0.2, 0.25) is 0 Å². The second-order valence-electron chi connectivity index (χ2n) is 5.26. The molecule has 0 aliphatic heterocycles. The largest absolute Gasteiger partial charge is 0.353 e. The molecule has 3 rings (SSSR count). The van der Waals surface area contributed by atoms with Crippen molar-refractivity contribution in [3.63, 3.8) is 0 Å². The van der Waals surface area contributed by atoms with Crippen molar-refractivity contribution in [2.75, 3.05) is 10.6 Å². The van der Waals surface area contributed by atoms with E-state index in [1.54, 1.807) is 0 Å². The standard InChI is InChI=1S/C18H11F4N3O/c19-10-1-4-16(15(22)7-10)24-12-5-6-23-17(9-12)18(26)25-11-2-3-13(20)14(21)8-11/h1-9H,(H,23,24)(H,25,26). The number of pyridine rings is 1. The van der Waals surface area contributed by atoms with Gasteiger partial charge < -0.3 is 10.6 Å². The van der Waals surface area contributed by atoms with Gasteiger partial charge >= 0.3 is 0 Å². The zero-order chi connectivity index (χ0) is 18.7. The van der Waals surface area contributed by atoms with Crippen LogP contribution in [0.1, 0.15) is 10.5 Å². The van der Waals surface area contributed by atoms with Gasteiger partial charge in [-0.15, -0.1) is 0 Å². The lowest BCUT2D eigenvalue weighted by atomic mass is 10.2. The topological polar surface area (TPSA) is 54.0 Å². The molecule has 1 heterocycles. The number of benzene rings is 2. The van der Waals surface area contributed by atoms with Gasteiger partial charge in [-0.25, -0.2) is 17.6 Å². The Morgan fingerprint density at radius 1 is 0.808 bits per heavy atom. The average Bonchev–Trinajstić information content (AvgIpc) is 2.61. The minimum absolute atomic E-state index is 0.0181. The smallest absolute Gasteiger partial charge is 0.274 e. The monoisotopic (exact) mass is 361 g/mol. The maximum absolute atomic E-state index is 13.7. The van der Waals surface area contributed by atoms with Crippen molar-refractivity contribution < 1.29 is 22.4 Å². The van der Waals surface area contributed by atoms with Crippen LogP contribution in [0.25, 0.3) is 0 Å². The average molecular weight is 361 g/mol. The second-order valence-corrected chi connectivity index (χ2v) is 5.26. The molecule has 132 valence electrons. The maximum atomic E-state index is 13.7. The van der Waals surface area contributed by atoms with Gasteiger partial charge in [0.15, 0.2) is 11.6 Å². The highest BCUT2D eigenvalue weighted by Crippen LogP contribution is 2.21. The first-order valence-electron chi connectivity index (χ1n) is 7.37. The Labute approximate surface area is 145 Å². The Hall–Kier alpha value is -3.42. The summed E-state index contributed by atoms with van der Waals surface area (Å²) >= 11 is 0. The van der Waals surface area contributed by atoms with Crippen molar-refractivity contribution in [2.24, 2.45) is 0 Å². The number of amides is 1. The molecule has 0 unspecified atom stereocenters. The van der Waals surface area contributed by atoms with E-state index < -0.39 is 29.2 Å². The molecule has 2 aromatic carbocycles. The molecular weight excluding hydrogens is 350 g/mol. The van der Waals surface area contributed by atoms with Crippen molar-refractivity contribution >= 4 is 23.0 Å². The molecule has 1 amide bonds. The molecule has 2 N–H and O–H groups in total. The Morgan fingerprint density at radius 3 is 2.35 bits per heavy atom. The number of nitrogens with one attached hydrogen (secondary N) is 2. The Bertz CT molecular complexity index is 978. The van der Waals surface area contributed by atoms with Crippen LogP contribution in [-0.4, -0.2) is 10.9 Å². The number of hydrogen-bond donors (Lipinski definition) is 2. The quantitative estimate of drug-likeness (QED) is 0.666. The highest BCUT2D eigenvalue weighted by atomic mass is 19.2. The fourth-order valence-electron chi connectivity index (χ4n) is 2.15. The molecular formula is C18H11F4N3O. The van der Waals surface area contributed by atoms with Crippen LogP contribution in [-0.2, 0) is 0 Å². The van der Waals surface area contributed by atoms with Crippen molar-refractivity contribution in [1.82, 2.24) is 4.98 Å². The van der Waals surface area contributed by atoms with E-state index in [2.05, 4.69) is 15.6 Å². The van der Waals surface area contributed by atoms with Crippen LogP contribution < -0.4 is 10.6 Å². The molecule has 26 heavy (non-hydrogen) atoms. The SMILES string of the molecule is O=C(Nc1ccc(F)c(F)c1)c1cc(Nc2ccc(F)cc2F)ccn1.